The number of imide groups is 1. The lowest BCUT2D eigenvalue weighted by atomic mass is 9.90. The highest BCUT2D eigenvalue weighted by Gasteiger charge is 2.51. The van der Waals surface area contributed by atoms with Crippen molar-refractivity contribution >= 4 is 17.8 Å². The molecule has 0 saturated carbocycles. The highest BCUT2D eigenvalue weighted by atomic mass is 16.2. The van der Waals surface area contributed by atoms with Gasteiger partial charge in [-0.2, -0.15) is 0 Å². The number of hydrogen-bond donors (Lipinski definition) is 0. The second-order valence-corrected chi connectivity index (χ2v) is 9.72. The molecule has 34 heavy (non-hydrogen) atoms. The zero-order valence-corrected chi connectivity index (χ0v) is 20.0. The minimum absolute atomic E-state index is 0.177. The summed E-state index contributed by atoms with van der Waals surface area (Å²) in [6.07, 6.45) is 2.99. The smallest absolute Gasteiger partial charge is 0.328 e. The SMILES string of the molecule is CN1C(=O)C2C(N=C(CN3CCC(Cc4ccccc4)CC3)N2Cc2ccccc2)N(C)C1=O. The zero-order chi connectivity index (χ0) is 23.7. The van der Waals surface area contributed by atoms with E-state index in [0.29, 0.717) is 19.0 Å². The van der Waals surface area contributed by atoms with Gasteiger partial charge in [0.1, 0.15) is 5.84 Å². The normalized spacial score (nSPS) is 23.9. The molecule has 2 aromatic carbocycles. The maximum absolute atomic E-state index is 13.2. The van der Waals surface area contributed by atoms with Crippen molar-refractivity contribution in [3.8, 4) is 0 Å². The fourth-order valence-electron chi connectivity index (χ4n) is 5.42. The Balaban J connectivity index is 1.30. The third kappa shape index (κ3) is 4.44. The Morgan fingerprint density at radius 2 is 1.47 bits per heavy atom. The van der Waals surface area contributed by atoms with E-state index < -0.39 is 12.2 Å². The molecule has 0 aliphatic carbocycles. The third-order valence-corrected chi connectivity index (χ3v) is 7.44. The van der Waals surface area contributed by atoms with E-state index in [1.165, 1.54) is 10.5 Å². The number of nitrogens with zero attached hydrogens (tertiary/aromatic N) is 5. The third-order valence-electron chi connectivity index (χ3n) is 7.44. The summed E-state index contributed by atoms with van der Waals surface area (Å²) in [6, 6.07) is 20.1. The summed E-state index contributed by atoms with van der Waals surface area (Å²) in [5, 5.41) is 0. The molecule has 3 aliphatic rings. The van der Waals surface area contributed by atoms with Crippen molar-refractivity contribution in [2.75, 3.05) is 33.7 Å². The first kappa shape index (κ1) is 22.6. The van der Waals surface area contributed by atoms with E-state index >= 15 is 0 Å². The van der Waals surface area contributed by atoms with E-state index in [9.17, 15) is 9.59 Å². The van der Waals surface area contributed by atoms with Crippen molar-refractivity contribution in [2.45, 2.75) is 38.0 Å². The van der Waals surface area contributed by atoms with Crippen LogP contribution in [0.4, 0.5) is 4.79 Å². The monoisotopic (exact) mass is 459 g/mol. The summed E-state index contributed by atoms with van der Waals surface area (Å²) in [5.41, 5.74) is 2.54. The van der Waals surface area contributed by atoms with Gasteiger partial charge < -0.3 is 9.80 Å². The minimum Gasteiger partial charge on any atom is -0.339 e. The molecule has 3 amide bonds. The summed E-state index contributed by atoms with van der Waals surface area (Å²) in [4.78, 5) is 38.1. The predicted molar refractivity (Wildman–Crippen MR) is 132 cm³/mol. The number of piperidine rings is 1. The van der Waals surface area contributed by atoms with Crippen LogP contribution >= 0.6 is 0 Å². The first-order chi connectivity index (χ1) is 16.5. The standard InChI is InChI=1S/C27H33N5O2/c1-29-25-24(26(33)30(2)27(29)34)32(18-22-11-7-4-8-12-22)23(28-25)19-31-15-13-21(14-16-31)17-20-9-5-3-6-10-20/h3-12,21,24-25H,13-19H2,1-2H3. The fourth-order valence-corrected chi connectivity index (χ4v) is 5.42. The Hall–Kier alpha value is -3.19. The van der Waals surface area contributed by atoms with Crippen LogP contribution in [-0.4, -0.2) is 83.3 Å². The van der Waals surface area contributed by atoms with Crippen molar-refractivity contribution in [1.29, 1.82) is 0 Å². The van der Waals surface area contributed by atoms with Crippen LogP contribution in [0.1, 0.15) is 24.0 Å². The molecule has 0 radical (unpaired) electrons. The molecule has 0 spiro atoms. The molecule has 178 valence electrons. The number of amidine groups is 1. The van der Waals surface area contributed by atoms with E-state index in [1.807, 2.05) is 18.2 Å². The molecular weight excluding hydrogens is 426 g/mol. The predicted octanol–water partition coefficient (Wildman–Crippen LogP) is 3.07. The number of urea groups is 1. The van der Waals surface area contributed by atoms with Gasteiger partial charge in [-0.15, -0.1) is 0 Å². The van der Waals surface area contributed by atoms with Gasteiger partial charge in [-0.25, -0.2) is 9.79 Å². The summed E-state index contributed by atoms with van der Waals surface area (Å²) in [7, 11) is 3.30. The summed E-state index contributed by atoms with van der Waals surface area (Å²) < 4.78 is 0. The molecule has 7 nitrogen and oxygen atoms in total. The number of fused-ring (bicyclic) bond motifs is 1. The van der Waals surface area contributed by atoms with Gasteiger partial charge in [-0.1, -0.05) is 60.7 Å². The number of carbonyl (C=O) groups excluding carboxylic acids is 2. The molecule has 2 unspecified atom stereocenters. The van der Waals surface area contributed by atoms with E-state index in [0.717, 1.165) is 43.8 Å². The van der Waals surface area contributed by atoms with Crippen molar-refractivity contribution in [2.24, 2.45) is 10.9 Å². The van der Waals surface area contributed by atoms with E-state index in [1.54, 1.807) is 19.0 Å². The Kier molecular flexibility index (Phi) is 6.37. The second-order valence-electron chi connectivity index (χ2n) is 9.72. The van der Waals surface area contributed by atoms with Gasteiger partial charge in [0.15, 0.2) is 12.2 Å². The molecular formula is C27H33N5O2. The summed E-state index contributed by atoms with van der Waals surface area (Å²) in [6.45, 7) is 3.35. The number of hydrogen-bond acceptors (Lipinski definition) is 5. The van der Waals surface area contributed by atoms with Gasteiger partial charge in [0.05, 0.1) is 6.54 Å². The summed E-state index contributed by atoms with van der Waals surface area (Å²) in [5.74, 6) is 1.43. The lowest BCUT2D eigenvalue weighted by molar-refractivity contribution is -0.136. The van der Waals surface area contributed by atoms with Gasteiger partial charge in [0.25, 0.3) is 5.91 Å². The van der Waals surface area contributed by atoms with Crippen LogP contribution in [0.3, 0.4) is 0 Å². The Labute approximate surface area is 201 Å². The van der Waals surface area contributed by atoms with Crippen molar-refractivity contribution < 1.29 is 9.59 Å². The highest BCUT2D eigenvalue weighted by molar-refractivity contribution is 6.04. The van der Waals surface area contributed by atoms with Gasteiger partial charge >= 0.3 is 6.03 Å². The Bertz CT molecular complexity index is 1050. The Morgan fingerprint density at radius 1 is 0.853 bits per heavy atom. The van der Waals surface area contributed by atoms with Gasteiger partial charge in [-0.3, -0.25) is 14.6 Å². The molecule has 3 heterocycles. The van der Waals surface area contributed by atoms with Crippen LogP contribution < -0.4 is 0 Å². The molecule has 0 N–H and O–H groups in total. The highest BCUT2D eigenvalue weighted by Crippen LogP contribution is 2.30. The number of rotatable bonds is 6. The largest absolute Gasteiger partial charge is 0.339 e. The first-order valence-electron chi connectivity index (χ1n) is 12.2. The van der Waals surface area contributed by atoms with Gasteiger partial charge in [0.2, 0.25) is 0 Å². The zero-order valence-electron chi connectivity index (χ0n) is 20.0. The quantitative estimate of drug-likeness (QED) is 0.666. The van der Waals surface area contributed by atoms with Gasteiger partial charge in [-0.05, 0) is 49.4 Å². The number of likely N-dealkylation sites (N-methyl/N-ethyl adjacent to an activating group) is 2. The average molecular weight is 460 g/mol. The molecule has 2 atom stereocenters. The van der Waals surface area contributed by atoms with E-state index in [2.05, 4.69) is 52.3 Å². The Morgan fingerprint density at radius 3 is 2.12 bits per heavy atom. The fraction of sp³-hybridized carbons (Fsp3) is 0.444. The van der Waals surface area contributed by atoms with Crippen LogP contribution in [0.2, 0.25) is 0 Å². The molecule has 7 heteroatoms. The maximum atomic E-state index is 13.2. The van der Waals surface area contributed by atoms with Crippen molar-refractivity contribution in [3.05, 3.63) is 71.8 Å². The number of likely N-dealkylation sites (tertiary alicyclic amines) is 1. The minimum atomic E-state index is -0.474. The van der Waals surface area contributed by atoms with Crippen LogP contribution in [0.5, 0.6) is 0 Å². The summed E-state index contributed by atoms with van der Waals surface area (Å²) >= 11 is 0. The van der Waals surface area contributed by atoms with Crippen molar-refractivity contribution in [3.63, 3.8) is 0 Å². The van der Waals surface area contributed by atoms with Gasteiger partial charge in [0, 0.05) is 20.6 Å². The molecule has 0 bridgehead atoms. The lowest BCUT2D eigenvalue weighted by Gasteiger charge is -2.40. The number of carbonyl (C=O) groups is 2. The number of benzene rings is 2. The van der Waals surface area contributed by atoms with E-state index in [4.69, 9.17) is 4.99 Å². The molecule has 2 fully saturated rings. The first-order valence-corrected chi connectivity index (χ1v) is 12.2. The topological polar surface area (TPSA) is 59.5 Å². The number of aliphatic imine (C=N–C) groups is 1. The second kappa shape index (κ2) is 9.58. The van der Waals surface area contributed by atoms with E-state index in [-0.39, 0.29) is 11.9 Å². The molecule has 3 aliphatic heterocycles. The van der Waals surface area contributed by atoms with Crippen LogP contribution in [0.15, 0.2) is 65.7 Å². The van der Waals surface area contributed by atoms with Crippen LogP contribution in [0.25, 0.3) is 0 Å². The molecule has 2 saturated heterocycles. The van der Waals surface area contributed by atoms with Crippen molar-refractivity contribution in [1.82, 2.24) is 19.6 Å². The molecule has 5 rings (SSSR count). The maximum Gasteiger partial charge on any atom is 0.328 e. The average Bonchev–Trinajstić information content (AvgIpc) is 3.21. The van der Waals surface area contributed by atoms with Crippen LogP contribution in [0, 0.1) is 5.92 Å². The van der Waals surface area contributed by atoms with Crippen LogP contribution in [-0.2, 0) is 17.8 Å². The molecule has 0 aromatic heterocycles. The number of amides is 3. The lowest BCUT2D eigenvalue weighted by Crippen LogP contribution is -2.64. The molecule has 2 aromatic rings.